The third-order valence-electron chi connectivity index (χ3n) is 0.882. The molecule has 0 rings (SSSR count). The molecule has 10 heavy (non-hydrogen) atoms. The number of rotatable bonds is 3. The van der Waals surface area contributed by atoms with E-state index in [-0.39, 0.29) is 0 Å². The molecule has 3 heteroatoms. The Kier molecular flexibility index (Phi) is 5.72. The van der Waals surface area contributed by atoms with E-state index in [1.807, 2.05) is 6.92 Å². The van der Waals surface area contributed by atoms with Crippen molar-refractivity contribution in [3.05, 3.63) is 0 Å². The fourth-order valence-corrected chi connectivity index (χ4v) is 0.429. The average Bonchev–Trinajstić information content (AvgIpc) is 1.89. The minimum atomic E-state index is -0.490. The second-order valence-electron chi connectivity index (χ2n) is 1.80. The zero-order valence-electron chi connectivity index (χ0n) is 6.46. The Labute approximate surface area is 61.1 Å². The van der Waals surface area contributed by atoms with Gasteiger partial charge in [-0.1, -0.05) is 13.3 Å². The molecular formula is C7H13NO2. The average molecular weight is 143 g/mol. The highest BCUT2D eigenvalue weighted by Crippen LogP contribution is 1.85. The standard InChI is InChI=1S/C7H13NO2/c1-3-5-6-8-7(9)10-4-2/h6H,3-5H2,1-2H3. The molecule has 0 bridgehead atoms. The number of hydrogen-bond donors (Lipinski definition) is 0. The SMILES string of the molecule is CCCC=NC(=O)OCC. The minimum absolute atomic E-state index is 0.391. The summed E-state index contributed by atoms with van der Waals surface area (Å²) < 4.78 is 4.55. The fraction of sp³-hybridized carbons (Fsp3) is 0.714. The third-order valence-corrected chi connectivity index (χ3v) is 0.882. The van der Waals surface area contributed by atoms with Gasteiger partial charge >= 0.3 is 6.09 Å². The monoisotopic (exact) mass is 143 g/mol. The van der Waals surface area contributed by atoms with Crippen LogP contribution < -0.4 is 0 Å². The van der Waals surface area contributed by atoms with E-state index in [4.69, 9.17) is 0 Å². The predicted molar refractivity (Wildman–Crippen MR) is 40.4 cm³/mol. The number of nitrogens with zero attached hydrogens (tertiary/aromatic N) is 1. The summed E-state index contributed by atoms with van der Waals surface area (Å²) in [6.45, 7) is 4.17. The summed E-state index contributed by atoms with van der Waals surface area (Å²) in [5.74, 6) is 0. The van der Waals surface area contributed by atoms with Crippen LogP contribution in [0.5, 0.6) is 0 Å². The molecular weight excluding hydrogens is 130 g/mol. The van der Waals surface area contributed by atoms with Crippen LogP contribution in [0.1, 0.15) is 26.7 Å². The predicted octanol–water partition coefficient (Wildman–Crippen LogP) is 2.01. The van der Waals surface area contributed by atoms with Gasteiger partial charge in [0.2, 0.25) is 0 Å². The third kappa shape index (κ3) is 5.28. The first kappa shape index (κ1) is 9.14. The van der Waals surface area contributed by atoms with E-state index in [0.29, 0.717) is 6.61 Å². The van der Waals surface area contributed by atoms with Crippen LogP contribution in [0.3, 0.4) is 0 Å². The van der Waals surface area contributed by atoms with Crippen LogP contribution in [0, 0.1) is 0 Å². The molecule has 0 aliphatic rings. The van der Waals surface area contributed by atoms with Gasteiger partial charge in [0.15, 0.2) is 0 Å². The maximum absolute atomic E-state index is 10.5. The number of amides is 1. The molecule has 0 saturated heterocycles. The van der Waals surface area contributed by atoms with E-state index in [0.717, 1.165) is 12.8 Å². The summed E-state index contributed by atoms with van der Waals surface area (Å²) in [6, 6.07) is 0. The van der Waals surface area contributed by atoms with Crippen LogP contribution in [0.15, 0.2) is 4.99 Å². The smallest absolute Gasteiger partial charge is 0.433 e. The lowest BCUT2D eigenvalue weighted by atomic mass is 10.4. The van der Waals surface area contributed by atoms with Crippen LogP contribution in [-0.4, -0.2) is 18.9 Å². The molecule has 0 aliphatic heterocycles. The lowest BCUT2D eigenvalue weighted by Gasteiger charge is -1.92. The molecule has 0 spiro atoms. The van der Waals surface area contributed by atoms with Crippen LogP contribution in [0.25, 0.3) is 0 Å². The van der Waals surface area contributed by atoms with Crippen molar-refractivity contribution in [2.24, 2.45) is 4.99 Å². The van der Waals surface area contributed by atoms with Crippen molar-refractivity contribution in [2.75, 3.05) is 6.61 Å². The van der Waals surface area contributed by atoms with Gasteiger partial charge in [0.25, 0.3) is 0 Å². The van der Waals surface area contributed by atoms with Crippen molar-refractivity contribution in [2.45, 2.75) is 26.7 Å². The van der Waals surface area contributed by atoms with Gasteiger partial charge in [-0.25, -0.2) is 4.79 Å². The van der Waals surface area contributed by atoms with Gasteiger partial charge < -0.3 is 4.74 Å². The van der Waals surface area contributed by atoms with Crippen molar-refractivity contribution >= 4 is 12.3 Å². The number of hydrogen-bond acceptors (Lipinski definition) is 2. The van der Waals surface area contributed by atoms with Gasteiger partial charge in [-0.15, -0.1) is 0 Å². The number of carbonyl (C=O) groups excluding carboxylic acids is 1. The van der Waals surface area contributed by atoms with Gasteiger partial charge in [0, 0.05) is 6.21 Å². The molecule has 0 heterocycles. The number of ether oxygens (including phenoxy) is 1. The van der Waals surface area contributed by atoms with Crippen molar-refractivity contribution < 1.29 is 9.53 Å². The summed E-state index contributed by atoms with van der Waals surface area (Å²) in [5, 5.41) is 0. The molecule has 58 valence electrons. The normalized spacial score (nSPS) is 10.2. The number of unbranched alkanes of at least 4 members (excludes halogenated alkanes) is 1. The molecule has 0 aromatic rings. The molecule has 0 N–H and O–H groups in total. The summed E-state index contributed by atoms with van der Waals surface area (Å²) in [6.07, 6.45) is 2.93. The molecule has 0 fully saturated rings. The van der Waals surface area contributed by atoms with Crippen molar-refractivity contribution in [3.63, 3.8) is 0 Å². The maximum Gasteiger partial charge on any atom is 0.433 e. The first-order chi connectivity index (χ1) is 4.81. The zero-order valence-corrected chi connectivity index (χ0v) is 6.46. The summed E-state index contributed by atoms with van der Waals surface area (Å²) >= 11 is 0. The Morgan fingerprint density at radius 3 is 2.80 bits per heavy atom. The molecule has 0 radical (unpaired) electrons. The second kappa shape index (κ2) is 6.26. The molecule has 0 aromatic heterocycles. The largest absolute Gasteiger partial charge is 0.448 e. The van der Waals surface area contributed by atoms with E-state index < -0.39 is 6.09 Å². The Hall–Kier alpha value is -0.860. The maximum atomic E-state index is 10.5. The summed E-state index contributed by atoms with van der Waals surface area (Å²) in [5.41, 5.74) is 0. The lowest BCUT2D eigenvalue weighted by molar-refractivity contribution is 0.163. The van der Waals surface area contributed by atoms with E-state index in [2.05, 4.69) is 9.73 Å². The van der Waals surface area contributed by atoms with Gasteiger partial charge in [0.05, 0.1) is 6.61 Å². The van der Waals surface area contributed by atoms with Gasteiger partial charge in [-0.05, 0) is 13.3 Å². The van der Waals surface area contributed by atoms with Crippen LogP contribution >= 0.6 is 0 Å². The second-order valence-corrected chi connectivity index (χ2v) is 1.80. The first-order valence-electron chi connectivity index (χ1n) is 3.50. The highest BCUT2D eigenvalue weighted by Gasteiger charge is 1.91. The first-order valence-corrected chi connectivity index (χ1v) is 3.50. The Balaban J connectivity index is 3.36. The molecule has 1 amide bonds. The topological polar surface area (TPSA) is 38.7 Å². The Bertz CT molecular complexity index is 121. The fourth-order valence-electron chi connectivity index (χ4n) is 0.429. The van der Waals surface area contributed by atoms with E-state index in [1.54, 1.807) is 13.1 Å². The molecule has 0 atom stereocenters. The van der Waals surface area contributed by atoms with Crippen LogP contribution in [0.2, 0.25) is 0 Å². The van der Waals surface area contributed by atoms with Gasteiger partial charge in [-0.3, -0.25) is 0 Å². The van der Waals surface area contributed by atoms with E-state index in [1.165, 1.54) is 0 Å². The van der Waals surface area contributed by atoms with Gasteiger partial charge in [0.1, 0.15) is 0 Å². The van der Waals surface area contributed by atoms with Crippen molar-refractivity contribution in [3.8, 4) is 0 Å². The molecule has 0 unspecified atom stereocenters. The highest BCUT2D eigenvalue weighted by atomic mass is 16.5. The minimum Gasteiger partial charge on any atom is -0.448 e. The molecule has 3 nitrogen and oxygen atoms in total. The van der Waals surface area contributed by atoms with Crippen molar-refractivity contribution in [1.29, 1.82) is 0 Å². The zero-order chi connectivity index (χ0) is 7.82. The van der Waals surface area contributed by atoms with Crippen molar-refractivity contribution in [1.82, 2.24) is 0 Å². The summed E-state index contributed by atoms with van der Waals surface area (Å²) in [4.78, 5) is 14.0. The number of aliphatic imine (C=N–C) groups is 1. The van der Waals surface area contributed by atoms with E-state index >= 15 is 0 Å². The molecule has 0 saturated carbocycles. The lowest BCUT2D eigenvalue weighted by Crippen LogP contribution is -1.97. The van der Waals surface area contributed by atoms with Crippen LogP contribution in [0.4, 0.5) is 4.79 Å². The quantitative estimate of drug-likeness (QED) is 0.567. The van der Waals surface area contributed by atoms with E-state index in [9.17, 15) is 4.79 Å². The van der Waals surface area contributed by atoms with Crippen LogP contribution in [-0.2, 0) is 4.74 Å². The van der Waals surface area contributed by atoms with Gasteiger partial charge in [-0.2, -0.15) is 4.99 Å². The highest BCUT2D eigenvalue weighted by molar-refractivity contribution is 5.79. The summed E-state index contributed by atoms with van der Waals surface area (Å²) in [7, 11) is 0. The Morgan fingerprint density at radius 1 is 1.60 bits per heavy atom. The molecule has 0 aliphatic carbocycles. The molecule has 0 aromatic carbocycles. The number of carbonyl (C=O) groups is 1. The Morgan fingerprint density at radius 2 is 2.30 bits per heavy atom.